The van der Waals surface area contributed by atoms with Crippen molar-refractivity contribution in [1.82, 2.24) is 30.4 Å². The van der Waals surface area contributed by atoms with E-state index in [9.17, 15) is 0 Å². The Morgan fingerprint density at radius 3 is 2.22 bits per heavy atom. The molecule has 0 aliphatic heterocycles. The number of hydrogen-bond donors (Lipinski definition) is 2. The van der Waals surface area contributed by atoms with Gasteiger partial charge in [0.15, 0.2) is 0 Å². The summed E-state index contributed by atoms with van der Waals surface area (Å²) in [7, 11) is 0. The van der Waals surface area contributed by atoms with Crippen LogP contribution in [0.3, 0.4) is 0 Å². The van der Waals surface area contributed by atoms with Crippen LogP contribution in [0.5, 0.6) is 0 Å². The average Bonchev–Trinajstić information content (AvgIpc) is 3.21. The molecule has 6 nitrogen and oxygen atoms in total. The third-order valence-corrected chi connectivity index (χ3v) is 4.60. The maximum atomic E-state index is 4.82. The van der Waals surface area contributed by atoms with E-state index in [0.717, 1.165) is 34.9 Å². The highest BCUT2D eigenvalue weighted by atomic mass is 15.1. The molecule has 0 fully saturated rings. The molecule has 6 heteroatoms. The fourth-order valence-corrected chi connectivity index (χ4v) is 3.21. The Hall–Kier alpha value is -2.50. The molecule has 0 unspecified atom stereocenters. The molecule has 0 saturated carbocycles. The lowest BCUT2D eigenvalue weighted by Gasteiger charge is -2.14. The fraction of sp³-hybridized carbons (Fsp3) is 0.524. The molecule has 0 bridgehead atoms. The molecule has 0 aromatic carbocycles. The van der Waals surface area contributed by atoms with Gasteiger partial charge in [-0.15, -0.1) is 0 Å². The number of aromatic nitrogens is 6. The lowest BCUT2D eigenvalue weighted by atomic mass is 9.92. The molecule has 0 aliphatic carbocycles. The second-order valence-corrected chi connectivity index (χ2v) is 8.92. The maximum absolute atomic E-state index is 4.82. The zero-order chi connectivity index (χ0) is 19.8. The normalized spacial score (nSPS) is 12.3. The van der Waals surface area contributed by atoms with Gasteiger partial charge in [0, 0.05) is 22.4 Å². The minimum Gasteiger partial charge on any atom is -0.282 e. The second-order valence-electron chi connectivity index (χ2n) is 8.92. The second kappa shape index (κ2) is 7.25. The highest BCUT2D eigenvalue weighted by molar-refractivity contribution is 5.64. The Morgan fingerprint density at radius 2 is 1.63 bits per heavy atom. The summed E-state index contributed by atoms with van der Waals surface area (Å²) in [6, 6.07) is 2.05. The van der Waals surface area contributed by atoms with E-state index in [-0.39, 0.29) is 5.41 Å². The first-order valence-electron chi connectivity index (χ1n) is 9.62. The summed E-state index contributed by atoms with van der Waals surface area (Å²) in [5.41, 5.74) is 6.73. The minimum absolute atomic E-state index is 0.00897. The van der Waals surface area contributed by atoms with Gasteiger partial charge in [0.1, 0.15) is 22.8 Å². The van der Waals surface area contributed by atoms with Gasteiger partial charge in [0.2, 0.25) is 0 Å². The predicted molar refractivity (Wildman–Crippen MR) is 109 cm³/mol. The van der Waals surface area contributed by atoms with Gasteiger partial charge in [0.25, 0.3) is 0 Å². The molecule has 0 atom stereocenters. The Kier molecular flexibility index (Phi) is 5.18. The highest BCUT2D eigenvalue weighted by Crippen LogP contribution is 2.31. The van der Waals surface area contributed by atoms with Crippen LogP contribution in [-0.2, 0) is 11.8 Å². The molecule has 3 aromatic rings. The van der Waals surface area contributed by atoms with Crippen LogP contribution in [0.1, 0.15) is 71.3 Å². The van der Waals surface area contributed by atoms with Crippen LogP contribution in [0, 0.1) is 5.92 Å². The standard InChI is InChI=1S/C21H30N6/c1-12(2)8-15-19(13(3)4)20(27-25-15)17-11-22-10-16(23-17)14-9-18(26-24-14)21(5,6)7/h9-13H,8H2,1-7H3,(H,24,26)(H,25,27). The van der Waals surface area contributed by atoms with Crippen LogP contribution in [0.25, 0.3) is 22.8 Å². The Labute approximate surface area is 161 Å². The van der Waals surface area contributed by atoms with E-state index in [1.807, 2.05) is 6.07 Å². The summed E-state index contributed by atoms with van der Waals surface area (Å²) >= 11 is 0. The van der Waals surface area contributed by atoms with Crippen LogP contribution in [-0.4, -0.2) is 30.4 Å². The molecule has 27 heavy (non-hydrogen) atoms. The van der Waals surface area contributed by atoms with Gasteiger partial charge >= 0.3 is 0 Å². The third-order valence-electron chi connectivity index (χ3n) is 4.60. The third kappa shape index (κ3) is 4.10. The van der Waals surface area contributed by atoms with Crippen molar-refractivity contribution in [3.63, 3.8) is 0 Å². The van der Waals surface area contributed by atoms with E-state index >= 15 is 0 Å². The van der Waals surface area contributed by atoms with Crippen molar-refractivity contribution in [3.05, 3.63) is 35.4 Å². The number of hydrogen-bond acceptors (Lipinski definition) is 4. The first kappa shape index (κ1) is 19.3. The zero-order valence-electron chi connectivity index (χ0n) is 17.4. The quantitative estimate of drug-likeness (QED) is 0.674. The lowest BCUT2D eigenvalue weighted by molar-refractivity contribution is 0.567. The monoisotopic (exact) mass is 366 g/mol. The van der Waals surface area contributed by atoms with Crippen LogP contribution in [0.15, 0.2) is 18.5 Å². The average molecular weight is 367 g/mol. The van der Waals surface area contributed by atoms with Gasteiger partial charge in [-0.1, -0.05) is 48.5 Å². The smallest absolute Gasteiger partial charge is 0.116 e. The van der Waals surface area contributed by atoms with Crippen molar-refractivity contribution in [2.75, 3.05) is 0 Å². The van der Waals surface area contributed by atoms with Crippen molar-refractivity contribution in [1.29, 1.82) is 0 Å². The van der Waals surface area contributed by atoms with Gasteiger partial charge in [-0.25, -0.2) is 4.98 Å². The molecule has 0 amide bonds. The van der Waals surface area contributed by atoms with E-state index in [2.05, 4.69) is 73.8 Å². The van der Waals surface area contributed by atoms with E-state index in [0.29, 0.717) is 11.8 Å². The number of nitrogens with zero attached hydrogens (tertiary/aromatic N) is 4. The van der Waals surface area contributed by atoms with E-state index in [1.54, 1.807) is 12.4 Å². The molecule has 3 rings (SSSR count). The maximum Gasteiger partial charge on any atom is 0.116 e. The van der Waals surface area contributed by atoms with Crippen molar-refractivity contribution < 1.29 is 0 Å². The molecule has 0 spiro atoms. The van der Waals surface area contributed by atoms with Crippen molar-refractivity contribution in [2.24, 2.45) is 5.92 Å². The molecule has 0 radical (unpaired) electrons. The highest BCUT2D eigenvalue weighted by Gasteiger charge is 2.21. The number of nitrogens with one attached hydrogen (secondary N) is 2. The van der Waals surface area contributed by atoms with Crippen LogP contribution >= 0.6 is 0 Å². The van der Waals surface area contributed by atoms with Gasteiger partial charge in [-0.05, 0) is 24.3 Å². The van der Waals surface area contributed by atoms with E-state index in [4.69, 9.17) is 4.98 Å². The molecule has 3 heterocycles. The molecule has 0 saturated heterocycles. The van der Waals surface area contributed by atoms with Gasteiger partial charge in [-0.3, -0.25) is 15.2 Å². The summed E-state index contributed by atoms with van der Waals surface area (Å²) in [4.78, 5) is 9.23. The van der Waals surface area contributed by atoms with E-state index < -0.39 is 0 Å². The Balaban J connectivity index is 2.01. The first-order chi connectivity index (χ1) is 12.7. The molecule has 144 valence electrons. The zero-order valence-corrected chi connectivity index (χ0v) is 17.4. The molecule has 0 aliphatic rings. The minimum atomic E-state index is 0.00897. The number of rotatable bonds is 5. The van der Waals surface area contributed by atoms with Crippen molar-refractivity contribution in [2.45, 2.75) is 66.2 Å². The van der Waals surface area contributed by atoms with E-state index in [1.165, 1.54) is 11.3 Å². The van der Waals surface area contributed by atoms with Gasteiger partial charge in [-0.2, -0.15) is 10.2 Å². The predicted octanol–water partition coefficient (Wildman–Crippen LogP) is 4.88. The summed E-state index contributed by atoms with van der Waals surface area (Å²) in [6.45, 7) is 15.3. The van der Waals surface area contributed by atoms with Crippen molar-refractivity contribution >= 4 is 0 Å². The summed E-state index contributed by atoms with van der Waals surface area (Å²) in [6.07, 6.45) is 4.51. The first-order valence-corrected chi connectivity index (χ1v) is 9.62. The number of aromatic amines is 2. The van der Waals surface area contributed by atoms with Crippen molar-refractivity contribution in [3.8, 4) is 22.8 Å². The SMILES string of the molecule is CC(C)Cc1[nH]nc(-c2cncc(-c3cc(C(C)(C)C)[nH]n3)n2)c1C(C)C. The summed E-state index contributed by atoms with van der Waals surface area (Å²) in [5.74, 6) is 0.920. The van der Waals surface area contributed by atoms with Gasteiger partial charge in [0.05, 0.1) is 12.4 Å². The number of H-pyrrole nitrogens is 2. The molecule has 2 N–H and O–H groups in total. The van der Waals surface area contributed by atoms with Crippen LogP contribution in [0.2, 0.25) is 0 Å². The summed E-state index contributed by atoms with van der Waals surface area (Å²) < 4.78 is 0. The Bertz CT molecular complexity index is 911. The molecule has 3 aromatic heterocycles. The summed E-state index contributed by atoms with van der Waals surface area (Å²) in [5, 5.41) is 15.4. The topological polar surface area (TPSA) is 83.1 Å². The fourth-order valence-electron chi connectivity index (χ4n) is 3.21. The molecular formula is C21H30N6. The largest absolute Gasteiger partial charge is 0.282 e. The van der Waals surface area contributed by atoms with Gasteiger partial charge < -0.3 is 0 Å². The Morgan fingerprint density at radius 1 is 0.926 bits per heavy atom. The van der Waals surface area contributed by atoms with Crippen LogP contribution in [0.4, 0.5) is 0 Å². The van der Waals surface area contributed by atoms with Crippen LogP contribution < -0.4 is 0 Å². The lowest BCUT2D eigenvalue weighted by Crippen LogP contribution is -2.11. The molecular weight excluding hydrogens is 336 g/mol.